The molecule has 0 atom stereocenters. The molecule has 1 aliphatic heterocycles. The molecule has 0 bridgehead atoms. The van der Waals surface area contributed by atoms with Crippen molar-refractivity contribution < 1.29 is 14.6 Å². The molecule has 1 aliphatic rings. The van der Waals surface area contributed by atoms with Gasteiger partial charge in [0.1, 0.15) is 0 Å². The Hall–Kier alpha value is -2.01. The summed E-state index contributed by atoms with van der Waals surface area (Å²) in [5.41, 5.74) is 2.48. The SMILES string of the molecule is Cn1cc(CO)c(-c2ccc3c(c2)OCO3)n1. The zero-order valence-electron chi connectivity index (χ0n) is 9.38. The lowest BCUT2D eigenvalue weighted by Gasteiger charge is -2.01. The van der Waals surface area contributed by atoms with Crippen LogP contribution < -0.4 is 9.47 Å². The number of nitrogens with zero attached hydrogens (tertiary/aromatic N) is 2. The van der Waals surface area contributed by atoms with E-state index in [-0.39, 0.29) is 13.4 Å². The number of rotatable bonds is 2. The lowest BCUT2D eigenvalue weighted by Crippen LogP contribution is -1.93. The Labute approximate surface area is 98.2 Å². The van der Waals surface area contributed by atoms with Gasteiger partial charge in [-0.3, -0.25) is 4.68 Å². The van der Waals surface area contributed by atoms with Crippen LogP contribution in [0.4, 0.5) is 0 Å². The molecule has 0 saturated carbocycles. The van der Waals surface area contributed by atoms with Crippen LogP contribution in [0, 0.1) is 0 Å². The predicted molar refractivity (Wildman–Crippen MR) is 60.7 cm³/mol. The fraction of sp³-hybridized carbons (Fsp3) is 0.250. The van der Waals surface area contributed by atoms with Gasteiger partial charge in [0, 0.05) is 24.4 Å². The predicted octanol–water partition coefficient (Wildman–Crippen LogP) is 1.31. The molecule has 0 amide bonds. The van der Waals surface area contributed by atoms with Crippen LogP contribution in [0.25, 0.3) is 11.3 Å². The first-order chi connectivity index (χ1) is 8.28. The van der Waals surface area contributed by atoms with Crippen LogP contribution >= 0.6 is 0 Å². The van der Waals surface area contributed by atoms with Gasteiger partial charge in [-0.1, -0.05) is 0 Å². The van der Waals surface area contributed by atoms with Crippen LogP contribution in [-0.2, 0) is 13.7 Å². The van der Waals surface area contributed by atoms with Crippen LogP contribution in [-0.4, -0.2) is 21.7 Å². The van der Waals surface area contributed by atoms with Gasteiger partial charge in [0.2, 0.25) is 6.79 Å². The second-order valence-electron chi connectivity index (χ2n) is 3.90. The van der Waals surface area contributed by atoms with Gasteiger partial charge < -0.3 is 14.6 Å². The molecule has 5 nitrogen and oxygen atoms in total. The molecule has 88 valence electrons. The Morgan fingerprint density at radius 2 is 2.18 bits per heavy atom. The molecule has 0 saturated heterocycles. The maximum Gasteiger partial charge on any atom is 0.231 e. The highest BCUT2D eigenvalue weighted by atomic mass is 16.7. The number of fused-ring (bicyclic) bond motifs is 1. The van der Waals surface area contributed by atoms with E-state index in [9.17, 15) is 5.11 Å². The first-order valence-electron chi connectivity index (χ1n) is 5.31. The summed E-state index contributed by atoms with van der Waals surface area (Å²) >= 11 is 0. The third-order valence-electron chi connectivity index (χ3n) is 2.72. The minimum atomic E-state index is -0.0301. The van der Waals surface area contributed by atoms with Crippen LogP contribution in [0.15, 0.2) is 24.4 Å². The standard InChI is InChI=1S/C12H12N2O3/c1-14-5-9(6-15)12(13-14)8-2-3-10-11(4-8)17-7-16-10/h2-5,15H,6-7H2,1H3. The Morgan fingerprint density at radius 3 is 3.00 bits per heavy atom. The molecular weight excluding hydrogens is 220 g/mol. The van der Waals surface area contributed by atoms with Crippen molar-refractivity contribution in [1.82, 2.24) is 9.78 Å². The lowest BCUT2D eigenvalue weighted by atomic mass is 10.1. The van der Waals surface area contributed by atoms with Crippen LogP contribution in [0.1, 0.15) is 5.56 Å². The molecule has 5 heteroatoms. The van der Waals surface area contributed by atoms with E-state index in [1.54, 1.807) is 10.9 Å². The monoisotopic (exact) mass is 232 g/mol. The van der Waals surface area contributed by atoms with Crippen LogP contribution in [0.5, 0.6) is 11.5 Å². The Balaban J connectivity index is 2.08. The van der Waals surface area contributed by atoms with Gasteiger partial charge in [-0.15, -0.1) is 0 Å². The first-order valence-corrected chi connectivity index (χ1v) is 5.31. The van der Waals surface area contributed by atoms with Crippen molar-refractivity contribution in [2.24, 2.45) is 7.05 Å². The molecule has 0 aliphatic carbocycles. The molecule has 1 aromatic heterocycles. The summed E-state index contributed by atoms with van der Waals surface area (Å²) in [5.74, 6) is 1.47. The summed E-state index contributed by atoms with van der Waals surface area (Å²) in [7, 11) is 1.83. The van der Waals surface area contributed by atoms with E-state index in [1.807, 2.05) is 25.2 Å². The molecule has 17 heavy (non-hydrogen) atoms. The number of aliphatic hydroxyl groups is 1. The van der Waals surface area contributed by atoms with Crippen molar-refractivity contribution in [2.45, 2.75) is 6.61 Å². The van der Waals surface area contributed by atoms with Crippen LogP contribution in [0.2, 0.25) is 0 Å². The van der Waals surface area contributed by atoms with Crippen molar-refractivity contribution >= 4 is 0 Å². The van der Waals surface area contributed by atoms with E-state index in [0.717, 1.165) is 28.3 Å². The van der Waals surface area contributed by atoms with Gasteiger partial charge in [-0.05, 0) is 18.2 Å². The summed E-state index contributed by atoms with van der Waals surface area (Å²) in [6, 6.07) is 5.65. The highest BCUT2D eigenvalue weighted by Crippen LogP contribution is 2.36. The average molecular weight is 232 g/mol. The molecule has 1 N–H and O–H groups in total. The largest absolute Gasteiger partial charge is 0.454 e. The highest BCUT2D eigenvalue weighted by Gasteiger charge is 2.16. The van der Waals surface area contributed by atoms with Crippen molar-refractivity contribution in [3.63, 3.8) is 0 Å². The van der Waals surface area contributed by atoms with E-state index in [1.165, 1.54) is 0 Å². The average Bonchev–Trinajstić information content (AvgIpc) is 2.93. The quantitative estimate of drug-likeness (QED) is 0.848. The summed E-state index contributed by atoms with van der Waals surface area (Å²) in [6.07, 6.45) is 1.81. The minimum absolute atomic E-state index is 0.0301. The highest BCUT2D eigenvalue weighted by molar-refractivity contribution is 5.66. The summed E-state index contributed by atoms with van der Waals surface area (Å²) < 4.78 is 12.3. The third kappa shape index (κ3) is 1.64. The number of hydrogen-bond donors (Lipinski definition) is 1. The number of benzene rings is 1. The van der Waals surface area contributed by atoms with E-state index < -0.39 is 0 Å². The second kappa shape index (κ2) is 3.78. The fourth-order valence-electron chi connectivity index (χ4n) is 1.94. The maximum atomic E-state index is 9.28. The minimum Gasteiger partial charge on any atom is -0.454 e. The molecule has 0 spiro atoms. The topological polar surface area (TPSA) is 56.5 Å². The molecule has 2 heterocycles. The number of aryl methyl sites for hydroxylation is 1. The van der Waals surface area contributed by atoms with Gasteiger partial charge in [0.15, 0.2) is 11.5 Å². The molecule has 3 rings (SSSR count). The zero-order chi connectivity index (χ0) is 11.8. The molecule has 0 radical (unpaired) electrons. The Bertz CT molecular complexity index is 563. The van der Waals surface area contributed by atoms with Gasteiger partial charge in [0.05, 0.1) is 12.3 Å². The molecule has 0 fully saturated rings. The first kappa shape index (κ1) is 10.2. The Morgan fingerprint density at radius 1 is 1.35 bits per heavy atom. The van der Waals surface area contributed by atoms with E-state index in [2.05, 4.69) is 5.10 Å². The van der Waals surface area contributed by atoms with Crippen molar-refractivity contribution in [2.75, 3.05) is 6.79 Å². The van der Waals surface area contributed by atoms with Crippen molar-refractivity contribution in [3.8, 4) is 22.8 Å². The summed E-state index contributed by atoms with van der Waals surface area (Å²) in [4.78, 5) is 0. The van der Waals surface area contributed by atoms with Crippen molar-refractivity contribution in [1.29, 1.82) is 0 Å². The maximum absolute atomic E-state index is 9.28. The molecule has 1 aromatic carbocycles. The Kier molecular flexibility index (Phi) is 2.26. The zero-order valence-corrected chi connectivity index (χ0v) is 9.38. The smallest absolute Gasteiger partial charge is 0.231 e. The normalized spacial score (nSPS) is 13.1. The lowest BCUT2D eigenvalue weighted by molar-refractivity contribution is 0.174. The van der Waals surface area contributed by atoms with Gasteiger partial charge in [0.25, 0.3) is 0 Å². The van der Waals surface area contributed by atoms with Crippen molar-refractivity contribution in [3.05, 3.63) is 30.0 Å². The number of aromatic nitrogens is 2. The van der Waals surface area contributed by atoms with Gasteiger partial charge in [-0.25, -0.2) is 0 Å². The number of hydrogen-bond acceptors (Lipinski definition) is 4. The number of ether oxygens (including phenoxy) is 2. The van der Waals surface area contributed by atoms with Gasteiger partial charge in [-0.2, -0.15) is 5.10 Å². The fourth-order valence-corrected chi connectivity index (χ4v) is 1.94. The molecular formula is C12H12N2O3. The molecule has 2 aromatic rings. The van der Waals surface area contributed by atoms with E-state index >= 15 is 0 Å². The van der Waals surface area contributed by atoms with Gasteiger partial charge >= 0.3 is 0 Å². The second-order valence-corrected chi connectivity index (χ2v) is 3.90. The third-order valence-corrected chi connectivity index (χ3v) is 2.72. The van der Waals surface area contributed by atoms with E-state index in [4.69, 9.17) is 9.47 Å². The number of aliphatic hydroxyl groups excluding tert-OH is 1. The van der Waals surface area contributed by atoms with E-state index in [0.29, 0.717) is 0 Å². The summed E-state index contributed by atoms with van der Waals surface area (Å²) in [6.45, 7) is 0.228. The summed E-state index contributed by atoms with van der Waals surface area (Å²) in [5, 5.41) is 13.6. The molecule has 0 unspecified atom stereocenters. The van der Waals surface area contributed by atoms with Crippen LogP contribution in [0.3, 0.4) is 0 Å².